The van der Waals surface area contributed by atoms with Gasteiger partial charge in [-0.1, -0.05) is 30.3 Å². The van der Waals surface area contributed by atoms with Gasteiger partial charge in [-0.3, -0.25) is 4.57 Å². The van der Waals surface area contributed by atoms with Gasteiger partial charge in [-0.15, -0.1) is 0 Å². The molecule has 112 valence electrons. The van der Waals surface area contributed by atoms with E-state index in [9.17, 15) is 0 Å². The summed E-state index contributed by atoms with van der Waals surface area (Å²) < 4.78 is 4.12. The summed E-state index contributed by atoms with van der Waals surface area (Å²) in [5.41, 5.74) is 2.31. The molecule has 22 heavy (non-hydrogen) atoms. The van der Waals surface area contributed by atoms with E-state index < -0.39 is 0 Å². The minimum Gasteiger partial charge on any atom is -0.340 e. The molecule has 0 aliphatic carbocycles. The van der Waals surface area contributed by atoms with Crippen LogP contribution in [0.25, 0.3) is 0 Å². The second-order valence-corrected chi connectivity index (χ2v) is 5.25. The lowest BCUT2D eigenvalue weighted by Gasteiger charge is -2.14. The van der Waals surface area contributed by atoms with Crippen molar-refractivity contribution in [2.24, 2.45) is 5.10 Å². The Morgan fingerprint density at radius 1 is 1.09 bits per heavy atom. The van der Waals surface area contributed by atoms with Gasteiger partial charge in [0.15, 0.2) is 5.84 Å². The number of aromatic nitrogens is 3. The maximum Gasteiger partial charge on any atom is 0.181 e. The lowest BCUT2D eigenvalue weighted by Crippen LogP contribution is -2.20. The molecule has 1 aromatic carbocycles. The predicted octanol–water partition coefficient (Wildman–Crippen LogP) is 2.50. The molecule has 2 heterocycles. The van der Waals surface area contributed by atoms with Crippen LogP contribution in [0.1, 0.15) is 11.3 Å². The van der Waals surface area contributed by atoms with Gasteiger partial charge in [-0.05, 0) is 17.7 Å². The molecule has 0 unspecified atom stereocenters. The summed E-state index contributed by atoms with van der Waals surface area (Å²) in [6.07, 6.45) is 7.50. The standard InChI is InChI=1S/C17H19N5/c1-20(2)19-17(22-12-10-18-14-22)16-9-6-11-21(16)13-15-7-4-3-5-8-15/h3-12,14H,13H2,1-2H3. The van der Waals surface area contributed by atoms with Crippen LogP contribution in [0.5, 0.6) is 0 Å². The van der Waals surface area contributed by atoms with E-state index in [4.69, 9.17) is 0 Å². The average Bonchev–Trinajstić information content (AvgIpc) is 3.17. The molecule has 5 nitrogen and oxygen atoms in total. The Morgan fingerprint density at radius 3 is 2.59 bits per heavy atom. The van der Waals surface area contributed by atoms with Crippen molar-refractivity contribution in [3.8, 4) is 0 Å². The molecule has 0 atom stereocenters. The van der Waals surface area contributed by atoms with E-state index in [2.05, 4.69) is 51.2 Å². The first-order valence-electron chi connectivity index (χ1n) is 7.18. The average molecular weight is 293 g/mol. The summed E-state index contributed by atoms with van der Waals surface area (Å²) in [6.45, 7) is 0.810. The molecule has 0 saturated carbocycles. The Balaban J connectivity index is 1.98. The molecule has 3 rings (SSSR count). The SMILES string of the molecule is CN(C)N=C(c1cccn1Cc1ccccc1)n1ccnc1. The first-order chi connectivity index (χ1) is 10.7. The molecular formula is C17H19N5. The number of nitrogens with zero attached hydrogens (tertiary/aromatic N) is 5. The van der Waals surface area contributed by atoms with Crippen LogP contribution in [0.15, 0.2) is 72.5 Å². The van der Waals surface area contributed by atoms with Gasteiger partial charge in [0.05, 0.1) is 5.69 Å². The molecule has 0 fully saturated rings. The first kappa shape index (κ1) is 14.1. The fourth-order valence-electron chi connectivity index (χ4n) is 2.34. The highest BCUT2D eigenvalue weighted by atomic mass is 15.4. The number of benzene rings is 1. The quantitative estimate of drug-likeness (QED) is 0.421. The van der Waals surface area contributed by atoms with Crippen LogP contribution < -0.4 is 0 Å². The smallest absolute Gasteiger partial charge is 0.181 e. The minimum absolute atomic E-state index is 0.810. The highest BCUT2D eigenvalue weighted by molar-refractivity contribution is 5.98. The Kier molecular flexibility index (Phi) is 4.05. The van der Waals surface area contributed by atoms with Gasteiger partial charge < -0.3 is 9.58 Å². The summed E-state index contributed by atoms with van der Waals surface area (Å²) >= 11 is 0. The third-order valence-electron chi connectivity index (χ3n) is 3.30. The first-order valence-corrected chi connectivity index (χ1v) is 7.18. The largest absolute Gasteiger partial charge is 0.340 e. The molecule has 0 bridgehead atoms. The Bertz CT molecular complexity index is 738. The van der Waals surface area contributed by atoms with Crippen molar-refractivity contribution < 1.29 is 0 Å². The van der Waals surface area contributed by atoms with Gasteiger partial charge in [0, 0.05) is 39.2 Å². The van der Waals surface area contributed by atoms with Crippen LogP contribution in [0.2, 0.25) is 0 Å². The fourth-order valence-corrected chi connectivity index (χ4v) is 2.34. The van der Waals surface area contributed by atoms with Gasteiger partial charge in [0.2, 0.25) is 0 Å². The van der Waals surface area contributed by atoms with Crippen LogP contribution in [-0.4, -0.2) is 39.1 Å². The molecule has 0 aliphatic heterocycles. The molecule has 0 saturated heterocycles. The van der Waals surface area contributed by atoms with Crippen molar-refractivity contribution in [3.05, 3.63) is 78.6 Å². The van der Waals surface area contributed by atoms with Gasteiger partial charge >= 0.3 is 0 Å². The van der Waals surface area contributed by atoms with Crippen LogP contribution in [0.4, 0.5) is 0 Å². The van der Waals surface area contributed by atoms with E-state index in [1.54, 1.807) is 17.5 Å². The zero-order valence-electron chi connectivity index (χ0n) is 12.8. The third-order valence-corrected chi connectivity index (χ3v) is 3.30. The molecule has 0 N–H and O–H groups in total. The zero-order chi connectivity index (χ0) is 15.4. The molecule has 0 amide bonds. The van der Waals surface area contributed by atoms with Gasteiger partial charge in [0.25, 0.3) is 0 Å². The maximum atomic E-state index is 4.62. The van der Waals surface area contributed by atoms with Crippen LogP contribution in [-0.2, 0) is 6.54 Å². The lowest BCUT2D eigenvalue weighted by atomic mass is 10.2. The van der Waals surface area contributed by atoms with E-state index in [-0.39, 0.29) is 0 Å². The fraction of sp³-hybridized carbons (Fsp3) is 0.176. The summed E-state index contributed by atoms with van der Waals surface area (Å²) in [5, 5.41) is 6.42. The van der Waals surface area contributed by atoms with E-state index in [1.807, 2.05) is 37.0 Å². The molecular weight excluding hydrogens is 274 g/mol. The second-order valence-electron chi connectivity index (χ2n) is 5.25. The van der Waals surface area contributed by atoms with Gasteiger partial charge in [0.1, 0.15) is 6.33 Å². The predicted molar refractivity (Wildman–Crippen MR) is 87.8 cm³/mol. The normalized spacial score (nSPS) is 11.6. The van der Waals surface area contributed by atoms with E-state index in [0.29, 0.717) is 0 Å². The summed E-state index contributed by atoms with van der Waals surface area (Å²) in [7, 11) is 3.84. The Hall–Kier alpha value is -2.82. The molecule has 2 aromatic heterocycles. The minimum atomic E-state index is 0.810. The van der Waals surface area contributed by atoms with Crippen LogP contribution in [0.3, 0.4) is 0 Å². The Labute approximate surface area is 130 Å². The van der Waals surface area contributed by atoms with Crippen molar-refractivity contribution in [1.82, 2.24) is 19.1 Å². The molecule has 0 spiro atoms. The van der Waals surface area contributed by atoms with E-state index >= 15 is 0 Å². The third kappa shape index (κ3) is 3.09. The lowest BCUT2D eigenvalue weighted by molar-refractivity contribution is 0.435. The number of hydrogen-bond acceptors (Lipinski definition) is 3. The van der Waals surface area contributed by atoms with E-state index in [0.717, 1.165) is 18.1 Å². The van der Waals surface area contributed by atoms with Crippen molar-refractivity contribution >= 4 is 5.84 Å². The number of imidazole rings is 1. The van der Waals surface area contributed by atoms with Crippen LogP contribution >= 0.6 is 0 Å². The number of rotatable bonds is 4. The zero-order valence-corrected chi connectivity index (χ0v) is 12.8. The van der Waals surface area contributed by atoms with Crippen LogP contribution in [0, 0.1) is 0 Å². The van der Waals surface area contributed by atoms with Crippen molar-refractivity contribution in [2.45, 2.75) is 6.54 Å². The highest BCUT2D eigenvalue weighted by Crippen LogP contribution is 2.11. The van der Waals surface area contributed by atoms with Crippen molar-refractivity contribution in [1.29, 1.82) is 0 Å². The van der Waals surface area contributed by atoms with Crippen molar-refractivity contribution in [3.63, 3.8) is 0 Å². The van der Waals surface area contributed by atoms with Gasteiger partial charge in [-0.2, -0.15) is 5.10 Å². The molecule has 5 heteroatoms. The highest BCUT2D eigenvalue weighted by Gasteiger charge is 2.12. The summed E-state index contributed by atoms with van der Waals surface area (Å²) in [4.78, 5) is 4.13. The topological polar surface area (TPSA) is 38.4 Å². The monoisotopic (exact) mass is 293 g/mol. The molecule has 0 radical (unpaired) electrons. The number of hydrogen-bond donors (Lipinski definition) is 0. The van der Waals surface area contributed by atoms with Gasteiger partial charge in [-0.25, -0.2) is 4.98 Å². The molecule has 3 aromatic rings. The molecule has 0 aliphatic rings. The summed E-state index contributed by atoms with van der Waals surface area (Å²) in [5.74, 6) is 0.850. The van der Waals surface area contributed by atoms with Crippen molar-refractivity contribution in [2.75, 3.05) is 14.1 Å². The Morgan fingerprint density at radius 2 is 1.91 bits per heavy atom. The number of hydrazone groups is 1. The summed E-state index contributed by atoms with van der Waals surface area (Å²) in [6, 6.07) is 14.5. The second kappa shape index (κ2) is 6.30. The van der Waals surface area contributed by atoms with E-state index in [1.165, 1.54) is 5.56 Å². The maximum absolute atomic E-state index is 4.62.